The first kappa shape index (κ1) is 14.1. The van der Waals surface area contributed by atoms with Gasteiger partial charge in [0.2, 0.25) is 0 Å². The molecular formula is C11H17NO4S. The summed E-state index contributed by atoms with van der Waals surface area (Å²) in [5, 5.41) is 0. The van der Waals surface area contributed by atoms with Crippen LogP contribution in [0.1, 0.15) is 12.0 Å². The fourth-order valence-electron chi connectivity index (χ4n) is 1.18. The van der Waals surface area contributed by atoms with Crippen LogP contribution in [0.5, 0.6) is 0 Å². The maximum Gasteiger partial charge on any atom is 0.294 e. The number of benzene rings is 1. The van der Waals surface area contributed by atoms with Gasteiger partial charge in [0.1, 0.15) is 0 Å². The molecule has 0 unspecified atom stereocenters. The summed E-state index contributed by atoms with van der Waals surface area (Å²) in [4.78, 5) is -0.0666. The molecule has 1 aromatic carbocycles. The van der Waals surface area contributed by atoms with Crippen LogP contribution in [0.2, 0.25) is 0 Å². The van der Waals surface area contributed by atoms with E-state index in [1.165, 1.54) is 12.1 Å². The predicted molar refractivity (Wildman–Crippen MR) is 64.4 cm³/mol. The molecule has 1 heterocycles. The minimum absolute atomic E-state index is 0.0666. The standard InChI is InChI=1S/C7H8O3S.C4H9NO/c1-6-2-4-7(5-3-6)11(8,9)10;5-3-4-1-2-6-4/h2-5H,1H3,(H,8,9,10);4H,1-3,5H2/t;4-/m.1/s1. The Morgan fingerprint density at radius 1 is 1.41 bits per heavy atom. The van der Waals surface area contributed by atoms with E-state index in [-0.39, 0.29) is 4.90 Å². The maximum atomic E-state index is 10.5. The van der Waals surface area contributed by atoms with Crippen molar-refractivity contribution in [2.24, 2.45) is 5.73 Å². The topological polar surface area (TPSA) is 89.6 Å². The zero-order chi connectivity index (χ0) is 12.9. The Balaban J connectivity index is 0.000000202. The minimum Gasteiger partial charge on any atom is -0.377 e. The van der Waals surface area contributed by atoms with Crippen molar-refractivity contribution in [2.45, 2.75) is 24.3 Å². The normalized spacial score (nSPS) is 18.9. The van der Waals surface area contributed by atoms with E-state index in [1.54, 1.807) is 12.1 Å². The van der Waals surface area contributed by atoms with Crippen molar-refractivity contribution in [3.05, 3.63) is 29.8 Å². The van der Waals surface area contributed by atoms with Crippen LogP contribution in [0.25, 0.3) is 0 Å². The lowest BCUT2D eigenvalue weighted by Crippen LogP contribution is -2.33. The third-order valence-corrected chi connectivity index (χ3v) is 3.24. The number of rotatable bonds is 2. The van der Waals surface area contributed by atoms with E-state index in [0.717, 1.165) is 18.6 Å². The van der Waals surface area contributed by atoms with Gasteiger partial charge in [0.15, 0.2) is 0 Å². The first-order valence-electron chi connectivity index (χ1n) is 5.29. The third-order valence-electron chi connectivity index (χ3n) is 2.38. The predicted octanol–water partition coefficient (Wildman–Crippen LogP) is 0.976. The Kier molecular flexibility index (Phi) is 5.07. The second kappa shape index (κ2) is 6.11. The smallest absolute Gasteiger partial charge is 0.294 e. The highest BCUT2D eigenvalue weighted by molar-refractivity contribution is 7.85. The van der Waals surface area contributed by atoms with Gasteiger partial charge < -0.3 is 10.5 Å². The van der Waals surface area contributed by atoms with E-state index in [1.807, 2.05) is 6.92 Å². The zero-order valence-corrected chi connectivity index (χ0v) is 10.5. The van der Waals surface area contributed by atoms with Crippen molar-refractivity contribution in [1.82, 2.24) is 0 Å². The quantitative estimate of drug-likeness (QED) is 0.773. The van der Waals surface area contributed by atoms with Crippen molar-refractivity contribution in [1.29, 1.82) is 0 Å². The van der Waals surface area contributed by atoms with Crippen molar-refractivity contribution >= 4 is 10.1 Å². The van der Waals surface area contributed by atoms with E-state index in [0.29, 0.717) is 12.6 Å². The molecule has 5 nitrogen and oxygen atoms in total. The highest BCUT2D eigenvalue weighted by Crippen LogP contribution is 2.08. The van der Waals surface area contributed by atoms with E-state index in [4.69, 9.17) is 15.0 Å². The van der Waals surface area contributed by atoms with Crippen molar-refractivity contribution < 1.29 is 17.7 Å². The van der Waals surface area contributed by atoms with Crippen molar-refractivity contribution in [3.63, 3.8) is 0 Å². The van der Waals surface area contributed by atoms with E-state index >= 15 is 0 Å². The lowest BCUT2D eigenvalue weighted by Gasteiger charge is -2.24. The molecule has 0 amide bonds. The number of hydrogen-bond acceptors (Lipinski definition) is 4. The summed E-state index contributed by atoms with van der Waals surface area (Å²) in [5.41, 5.74) is 6.16. The number of ether oxygens (including phenoxy) is 1. The van der Waals surface area contributed by atoms with Gasteiger partial charge in [-0.2, -0.15) is 8.42 Å². The summed E-state index contributed by atoms with van der Waals surface area (Å²) in [6, 6.07) is 5.99. The van der Waals surface area contributed by atoms with Crippen LogP contribution in [0.4, 0.5) is 0 Å². The number of aryl methyl sites for hydroxylation is 1. The SMILES string of the molecule is Cc1ccc(S(=O)(=O)O)cc1.NC[C@H]1CCO1. The first-order chi connectivity index (χ1) is 7.93. The molecule has 2 rings (SSSR count). The Hall–Kier alpha value is -0.950. The van der Waals surface area contributed by atoms with Gasteiger partial charge in [-0.15, -0.1) is 0 Å². The van der Waals surface area contributed by atoms with Crippen LogP contribution in [0.15, 0.2) is 29.2 Å². The van der Waals surface area contributed by atoms with Gasteiger partial charge in [-0.3, -0.25) is 4.55 Å². The maximum absolute atomic E-state index is 10.5. The Morgan fingerprint density at radius 3 is 2.18 bits per heavy atom. The molecule has 1 atom stereocenters. The highest BCUT2D eigenvalue weighted by Gasteiger charge is 2.14. The molecule has 1 fully saturated rings. The fourth-order valence-corrected chi connectivity index (χ4v) is 1.66. The summed E-state index contributed by atoms with van der Waals surface area (Å²) < 4.78 is 34.5. The van der Waals surface area contributed by atoms with E-state index < -0.39 is 10.1 Å². The van der Waals surface area contributed by atoms with Gasteiger partial charge in [-0.1, -0.05) is 17.7 Å². The van der Waals surface area contributed by atoms with E-state index in [2.05, 4.69) is 0 Å². The largest absolute Gasteiger partial charge is 0.377 e. The zero-order valence-electron chi connectivity index (χ0n) is 9.67. The Labute approximate surface area is 101 Å². The molecule has 6 heteroatoms. The van der Waals surface area contributed by atoms with Crippen LogP contribution in [-0.4, -0.2) is 32.2 Å². The summed E-state index contributed by atoms with van der Waals surface area (Å²) >= 11 is 0. The molecule has 0 aliphatic carbocycles. The summed E-state index contributed by atoms with van der Waals surface area (Å²) in [6.45, 7) is 3.45. The van der Waals surface area contributed by atoms with Gasteiger partial charge in [-0.05, 0) is 25.5 Å². The molecule has 0 bridgehead atoms. The summed E-state index contributed by atoms with van der Waals surface area (Å²) in [7, 11) is -4.02. The van der Waals surface area contributed by atoms with Gasteiger partial charge in [0.25, 0.3) is 10.1 Å². The molecule has 96 valence electrons. The Morgan fingerprint density at radius 2 is 1.94 bits per heavy atom. The number of nitrogens with two attached hydrogens (primary N) is 1. The summed E-state index contributed by atoms with van der Waals surface area (Å²) in [6.07, 6.45) is 1.56. The molecule has 1 aromatic rings. The lowest BCUT2D eigenvalue weighted by molar-refractivity contribution is -0.0435. The molecule has 0 spiro atoms. The van der Waals surface area contributed by atoms with Gasteiger partial charge >= 0.3 is 0 Å². The lowest BCUT2D eigenvalue weighted by atomic mass is 10.2. The van der Waals surface area contributed by atoms with Crippen LogP contribution < -0.4 is 5.73 Å². The molecule has 0 radical (unpaired) electrons. The second-order valence-electron chi connectivity index (χ2n) is 3.81. The van der Waals surface area contributed by atoms with Crippen LogP contribution in [0.3, 0.4) is 0 Å². The van der Waals surface area contributed by atoms with Crippen molar-refractivity contribution in [2.75, 3.05) is 13.2 Å². The van der Waals surface area contributed by atoms with Gasteiger partial charge in [-0.25, -0.2) is 0 Å². The second-order valence-corrected chi connectivity index (χ2v) is 5.23. The monoisotopic (exact) mass is 259 g/mol. The average molecular weight is 259 g/mol. The summed E-state index contributed by atoms with van der Waals surface area (Å²) in [5.74, 6) is 0. The molecule has 1 aliphatic heterocycles. The van der Waals surface area contributed by atoms with Crippen LogP contribution >= 0.6 is 0 Å². The molecular weight excluding hydrogens is 242 g/mol. The van der Waals surface area contributed by atoms with Gasteiger partial charge in [0, 0.05) is 13.2 Å². The molecule has 0 aromatic heterocycles. The van der Waals surface area contributed by atoms with Crippen LogP contribution in [0, 0.1) is 6.92 Å². The Bertz CT molecular complexity index is 434. The number of hydrogen-bond donors (Lipinski definition) is 2. The van der Waals surface area contributed by atoms with E-state index in [9.17, 15) is 8.42 Å². The first-order valence-corrected chi connectivity index (χ1v) is 6.73. The molecule has 17 heavy (non-hydrogen) atoms. The van der Waals surface area contributed by atoms with Gasteiger partial charge in [0.05, 0.1) is 11.0 Å². The third kappa shape index (κ3) is 4.82. The fraction of sp³-hybridized carbons (Fsp3) is 0.455. The molecule has 3 N–H and O–H groups in total. The molecule has 0 saturated carbocycles. The minimum atomic E-state index is -4.02. The molecule has 1 aliphatic rings. The molecule has 1 saturated heterocycles. The highest BCUT2D eigenvalue weighted by atomic mass is 32.2. The van der Waals surface area contributed by atoms with Crippen molar-refractivity contribution in [3.8, 4) is 0 Å². The average Bonchev–Trinajstić information content (AvgIpc) is 2.16. The van der Waals surface area contributed by atoms with Crippen LogP contribution in [-0.2, 0) is 14.9 Å².